The third kappa shape index (κ3) is 2.59. The molecule has 100 valence electrons. The second-order valence-corrected chi connectivity index (χ2v) is 3.84. The molecule has 0 saturated carbocycles. The molecule has 1 aromatic carbocycles. The van der Waals surface area contributed by atoms with Crippen molar-refractivity contribution in [3.8, 4) is 0 Å². The van der Waals surface area contributed by atoms with Crippen LogP contribution in [0.5, 0.6) is 0 Å². The van der Waals surface area contributed by atoms with Gasteiger partial charge in [-0.2, -0.15) is 13.2 Å². The Kier molecular flexibility index (Phi) is 3.28. The summed E-state index contributed by atoms with van der Waals surface area (Å²) in [6.45, 7) is 0. The fourth-order valence-corrected chi connectivity index (χ4v) is 1.83. The van der Waals surface area contributed by atoms with Crippen LogP contribution in [0.2, 0.25) is 0 Å². The Morgan fingerprint density at radius 1 is 1.26 bits per heavy atom. The zero-order valence-electron chi connectivity index (χ0n) is 9.52. The van der Waals surface area contributed by atoms with Gasteiger partial charge >= 0.3 is 6.18 Å². The summed E-state index contributed by atoms with van der Waals surface area (Å²) in [5.41, 5.74) is 4.01. The van der Waals surface area contributed by atoms with Crippen molar-refractivity contribution in [1.82, 2.24) is 5.16 Å². The Morgan fingerprint density at radius 3 is 2.47 bits per heavy atom. The third-order valence-electron chi connectivity index (χ3n) is 2.60. The maximum Gasteiger partial charge on any atom is 0.416 e. The molecule has 19 heavy (non-hydrogen) atoms. The van der Waals surface area contributed by atoms with Crippen molar-refractivity contribution in [3.05, 3.63) is 53.4 Å². The van der Waals surface area contributed by atoms with Crippen molar-refractivity contribution in [2.24, 2.45) is 5.73 Å². The minimum atomic E-state index is -4.58. The normalized spacial score (nSPS) is 13.2. The highest BCUT2D eigenvalue weighted by Crippen LogP contribution is 2.37. The van der Waals surface area contributed by atoms with Crippen LogP contribution in [0.1, 0.15) is 22.8 Å². The van der Waals surface area contributed by atoms with Crippen LogP contribution in [-0.4, -0.2) is 11.1 Å². The molecule has 1 aromatic heterocycles. The van der Waals surface area contributed by atoms with Crippen LogP contribution in [0.3, 0.4) is 0 Å². The van der Waals surface area contributed by atoms with E-state index in [0.717, 1.165) is 6.07 Å². The van der Waals surface area contributed by atoms with E-state index in [0.29, 0.717) is 0 Å². The molecule has 0 bridgehead atoms. The minimum absolute atomic E-state index is 0.0239. The Morgan fingerprint density at radius 2 is 1.95 bits per heavy atom. The first kappa shape index (κ1) is 13.1. The summed E-state index contributed by atoms with van der Waals surface area (Å²) in [4.78, 5) is 11.4. The van der Waals surface area contributed by atoms with E-state index >= 15 is 0 Å². The number of nitrogens with zero attached hydrogens (tertiary/aromatic N) is 1. The van der Waals surface area contributed by atoms with Crippen molar-refractivity contribution in [2.45, 2.75) is 12.1 Å². The largest absolute Gasteiger partial charge is 0.416 e. The third-order valence-corrected chi connectivity index (χ3v) is 2.60. The molecule has 2 N–H and O–H groups in total. The summed E-state index contributed by atoms with van der Waals surface area (Å²) in [7, 11) is 0. The molecule has 0 saturated heterocycles. The van der Waals surface area contributed by atoms with Crippen LogP contribution in [0, 0.1) is 0 Å². The highest BCUT2D eigenvalue weighted by Gasteiger charge is 2.37. The van der Waals surface area contributed by atoms with Crippen molar-refractivity contribution in [2.75, 3.05) is 0 Å². The van der Waals surface area contributed by atoms with E-state index in [1.165, 1.54) is 30.5 Å². The fourth-order valence-electron chi connectivity index (χ4n) is 1.83. The molecule has 1 atom stereocenters. The van der Waals surface area contributed by atoms with E-state index in [2.05, 4.69) is 5.16 Å². The minimum Gasteiger partial charge on any atom is -0.369 e. The number of amides is 1. The van der Waals surface area contributed by atoms with Crippen LogP contribution in [0.4, 0.5) is 13.2 Å². The van der Waals surface area contributed by atoms with Gasteiger partial charge in [-0.05, 0) is 11.6 Å². The Labute approximate surface area is 106 Å². The van der Waals surface area contributed by atoms with E-state index in [4.69, 9.17) is 10.3 Å². The van der Waals surface area contributed by atoms with E-state index in [1.54, 1.807) is 0 Å². The van der Waals surface area contributed by atoms with E-state index in [-0.39, 0.29) is 11.3 Å². The van der Waals surface area contributed by atoms with Gasteiger partial charge in [-0.25, -0.2) is 0 Å². The number of aromatic nitrogens is 1. The molecule has 1 heterocycles. The van der Waals surface area contributed by atoms with Gasteiger partial charge in [0.2, 0.25) is 5.91 Å². The first-order chi connectivity index (χ1) is 8.91. The molecule has 1 amide bonds. The lowest BCUT2D eigenvalue weighted by Gasteiger charge is -2.17. The van der Waals surface area contributed by atoms with Crippen molar-refractivity contribution in [1.29, 1.82) is 0 Å². The van der Waals surface area contributed by atoms with Gasteiger partial charge in [0.25, 0.3) is 0 Å². The summed E-state index contributed by atoms with van der Waals surface area (Å²) >= 11 is 0. The molecule has 0 spiro atoms. The van der Waals surface area contributed by atoms with Gasteiger partial charge in [0.1, 0.15) is 5.92 Å². The van der Waals surface area contributed by atoms with Crippen LogP contribution in [-0.2, 0) is 11.0 Å². The van der Waals surface area contributed by atoms with Gasteiger partial charge in [-0.1, -0.05) is 23.4 Å². The molecule has 4 nitrogen and oxygen atoms in total. The lowest BCUT2D eigenvalue weighted by Crippen LogP contribution is -2.24. The van der Waals surface area contributed by atoms with Crippen LogP contribution < -0.4 is 5.73 Å². The van der Waals surface area contributed by atoms with Gasteiger partial charge in [0, 0.05) is 6.07 Å². The van der Waals surface area contributed by atoms with Gasteiger partial charge in [-0.3, -0.25) is 4.79 Å². The van der Waals surface area contributed by atoms with Crippen LogP contribution >= 0.6 is 0 Å². The molecule has 0 fully saturated rings. The molecule has 7 heteroatoms. The molecular weight excluding hydrogens is 261 g/mol. The second-order valence-electron chi connectivity index (χ2n) is 3.84. The van der Waals surface area contributed by atoms with Crippen molar-refractivity contribution in [3.63, 3.8) is 0 Å². The molecule has 0 aliphatic carbocycles. The Balaban J connectivity index is 2.59. The number of carbonyl (C=O) groups excluding carboxylic acids is 1. The zero-order chi connectivity index (χ0) is 14.0. The number of hydrogen-bond donors (Lipinski definition) is 1. The number of rotatable bonds is 3. The predicted molar refractivity (Wildman–Crippen MR) is 59.0 cm³/mol. The highest BCUT2D eigenvalue weighted by atomic mass is 19.4. The molecular formula is C12H9F3N2O2. The second kappa shape index (κ2) is 4.75. The summed E-state index contributed by atoms with van der Waals surface area (Å²) in [5.74, 6) is -2.28. The van der Waals surface area contributed by atoms with Crippen molar-refractivity contribution < 1.29 is 22.5 Å². The highest BCUT2D eigenvalue weighted by molar-refractivity contribution is 5.85. The van der Waals surface area contributed by atoms with E-state index in [1.807, 2.05) is 0 Å². The smallest absolute Gasteiger partial charge is 0.369 e. The maximum absolute atomic E-state index is 12.9. The molecule has 2 rings (SSSR count). The summed E-state index contributed by atoms with van der Waals surface area (Å²) in [6.07, 6.45) is -3.34. The Bertz CT molecular complexity index is 579. The monoisotopic (exact) mass is 270 g/mol. The lowest BCUT2D eigenvalue weighted by atomic mass is 9.91. The Hall–Kier alpha value is -2.31. The topological polar surface area (TPSA) is 69.1 Å². The maximum atomic E-state index is 12.9. The summed E-state index contributed by atoms with van der Waals surface area (Å²) in [6, 6.07) is 6.03. The summed E-state index contributed by atoms with van der Waals surface area (Å²) < 4.78 is 43.5. The number of carbonyl (C=O) groups is 1. The SMILES string of the molecule is NC(=O)C(c1ccno1)c1ccccc1C(F)(F)F. The molecule has 0 aliphatic heterocycles. The molecule has 0 aliphatic rings. The number of halogens is 3. The number of alkyl halides is 3. The van der Waals surface area contributed by atoms with E-state index in [9.17, 15) is 18.0 Å². The van der Waals surface area contributed by atoms with Crippen LogP contribution in [0.25, 0.3) is 0 Å². The van der Waals surface area contributed by atoms with E-state index < -0.39 is 23.6 Å². The van der Waals surface area contributed by atoms with Gasteiger partial charge in [0.15, 0.2) is 5.76 Å². The van der Waals surface area contributed by atoms with Crippen molar-refractivity contribution >= 4 is 5.91 Å². The van der Waals surface area contributed by atoms with Gasteiger partial charge < -0.3 is 10.3 Å². The standard InChI is InChI=1S/C12H9F3N2O2/c13-12(14,15)8-4-2-1-3-7(8)10(11(16)18)9-5-6-17-19-9/h1-6,10H,(H2,16,18). The lowest BCUT2D eigenvalue weighted by molar-refractivity contribution is -0.138. The van der Waals surface area contributed by atoms with Gasteiger partial charge in [0.05, 0.1) is 11.8 Å². The number of nitrogens with two attached hydrogens (primary N) is 1. The number of hydrogen-bond acceptors (Lipinski definition) is 3. The summed E-state index contributed by atoms with van der Waals surface area (Å²) in [5, 5.41) is 3.38. The average Bonchev–Trinajstić information content (AvgIpc) is 2.81. The zero-order valence-corrected chi connectivity index (χ0v) is 9.52. The average molecular weight is 270 g/mol. The number of benzene rings is 1. The molecule has 1 unspecified atom stereocenters. The fraction of sp³-hybridized carbons (Fsp3) is 0.167. The van der Waals surface area contributed by atoms with Gasteiger partial charge in [-0.15, -0.1) is 0 Å². The first-order valence-electron chi connectivity index (χ1n) is 5.27. The quantitative estimate of drug-likeness (QED) is 0.930. The molecule has 0 radical (unpaired) electrons. The molecule has 2 aromatic rings. The predicted octanol–water partition coefficient (Wildman–Crippen LogP) is 2.31. The van der Waals surface area contributed by atoms with Crippen LogP contribution in [0.15, 0.2) is 41.1 Å². The number of primary amides is 1. The first-order valence-corrected chi connectivity index (χ1v) is 5.27.